The number of hydrogen-bond donors (Lipinski definition) is 2. The van der Waals surface area contributed by atoms with E-state index in [0.29, 0.717) is 11.3 Å². The summed E-state index contributed by atoms with van der Waals surface area (Å²) in [6, 6.07) is 7.80. The number of nitrogens with two attached hydrogens (primary N) is 1. The van der Waals surface area contributed by atoms with E-state index in [9.17, 15) is 9.18 Å². The molecule has 0 saturated heterocycles. The maximum Gasteiger partial charge on any atom is 0.261 e. The normalized spacial score (nSPS) is 11.2. The van der Waals surface area contributed by atoms with Gasteiger partial charge in [-0.3, -0.25) is 9.78 Å². The molecule has 0 atom stereocenters. The van der Waals surface area contributed by atoms with Gasteiger partial charge >= 0.3 is 0 Å². The lowest BCUT2D eigenvalue weighted by molar-refractivity contribution is 0.0989. The highest BCUT2D eigenvalue weighted by Gasteiger charge is 2.17. The van der Waals surface area contributed by atoms with E-state index in [0.717, 1.165) is 6.20 Å². The molecule has 0 spiro atoms. The van der Waals surface area contributed by atoms with Gasteiger partial charge in [0.15, 0.2) is 11.7 Å². The number of carbonyl (C=O) groups excluding carboxylic acids is 1. The van der Waals surface area contributed by atoms with Crippen molar-refractivity contribution in [1.82, 2.24) is 4.98 Å². The van der Waals surface area contributed by atoms with E-state index in [1.807, 2.05) is 0 Å². The number of oxime groups is 1. The highest BCUT2D eigenvalue weighted by molar-refractivity contribution is 6.06. The van der Waals surface area contributed by atoms with Crippen molar-refractivity contribution >= 4 is 17.4 Å². The Bertz CT molecular complexity index is 703. The zero-order chi connectivity index (χ0) is 15.4. The third-order valence-electron chi connectivity index (χ3n) is 2.94. The second-order valence-electron chi connectivity index (χ2n) is 4.26. The maximum atomic E-state index is 13.6. The van der Waals surface area contributed by atoms with Crippen molar-refractivity contribution in [1.29, 1.82) is 0 Å². The van der Waals surface area contributed by atoms with E-state index in [-0.39, 0.29) is 11.4 Å². The van der Waals surface area contributed by atoms with Crippen molar-refractivity contribution in [2.45, 2.75) is 0 Å². The Labute approximate surface area is 120 Å². The summed E-state index contributed by atoms with van der Waals surface area (Å²) >= 11 is 0. The van der Waals surface area contributed by atoms with Crippen LogP contribution in [-0.2, 0) is 0 Å². The Balaban J connectivity index is 2.34. The van der Waals surface area contributed by atoms with Gasteiger partial charge in [-0.1, -0.05) is 17.3 Å². The van der Waals surface area contributed by atoms with Gasteiger partial charge in [0.05, 0.1) is 11.8 Å². The van der Waals surface area contributed by atoms with Gasteiger partial charge in [-0.2, -0.15) is 0 Å². The average molecular weight is 288 g/mol. The van der Waals surface area contributed by atoms with Gasteiger partial charge in [0.25, 0.3) is 5.91 Å². The molecule has 108 valence electrons. The molecule has 0 aliphatic heterocycles. The van der Waals surface area contributed by atoms with Crippen LogP contribution in [0.4, 0.5) is 10.1 Å². The van der Waals surface area contributed by atoms with Crippen molar-refractivity contribution in [2.75, 3.05) is 11.9 Å². The van der Waals surface area contributed by atoms with Crippen molar-refractivity contribution in [2.24, 2.45) is 10.9 Å². The fourth-order valence-corrected chi connectivity index (χ4v) is 1.78. The third-order valence-corrected chi connectivity index (χ3v) is 2.94. The van der Waals surface area contributed by atoms with Crippen LogP contribution in [0.2, 0.25) is 0 Å². The van der Waals surface area contributed by atoms with Crippen LogP contribution in [0.3, 0.4) is 0 Å². The largest absolute Gasteiger partial charge is 0.409 e. The minimum atomic E-state index is -0.693. The van der Waals surface area contributed by atoms with E-state index < -0.39 is 11.7 Å². The first kappa shape index (κ1) is 14.4. The molecule has 1 aromatic carbocycles. The molecule has 0 bridgehead atoms. The predicted molar refractivity (Wildman–Crippen MR) is 75.9 cm³/mol. The number of aromatic nitrogens is 1. The molecular formula is C14H13FN4O2. The summed E-state index contributed by atoms with van der Waals surface area (Å²) in [7, 11) is 1.51. The molecule has 7 heteroatoms. The lowest BCUT2D eigenvalue weighted by Gasteiger charge is -2.18. The molecular weight excluding hydrogens is 275 g/mol. The number of rotatable bonds is 3. The summed E-state index contributed by atoms with van der Waals surface area (Å²) < 4.78 is 13.6. The van der Waals surface area contributed by atoms with Crippen molar-refractivity contribution in [3.63, 3.8) is 0 Å². The Hall–Kier alpha value is -2.96. The van der Waals surface area contributed by atoms with Gasteiger partial charge in [-0.05, 0) is 18.2 Å². The number of hydrogen-bond acceptors (Lipinski definition) is 4. The average Bonchev–Trinajstić information content (AvgIpc) is 2.53. The Morgan fingerprint density at radius 1 is 1.43 bits per heavy atom. The topological polar surface area (TPSA) is 91.8 Å². The van der Waals surface area contributed by atoms with Gasteiger partial charge in [0, 0.05) is 24.5 Å². The van der Waals surface area contributed by atoms with Crippen molar-refractivity contribution in [3.8, 4) is 0 Å². The number of pyridine rings is 1. The van der Waals surface area contributed by atoms with Crippen LogP contribution < -0.4 is 10.6 Å². The summed E-state index contributed by atoms with van der Waals surface area (Å²) in [5.41, 5.74) is 6.36. The standard InChI is InChI=1S/C14H13FN4O2/c1-19(14(20)11-5-6-17-8-12(11)15)10-4-2-3-9(7-10)13(16)18-21/h2-8,21H,1H3,(H2,16,18). The van der Waals surface area contributed by atoms with Crippen LogP contribution in [0.25, 0.3) is 0 Å². The number of carbonyl (C=O) groups is 1. The Morgan fingerprint density at radius 2 is 2.19 bits per heavy atom. The molecule has 3 N–H and O–H groups in total. The first-order chi connectivity index (χ1) is 10.0. The van der Waals surface area contributed by atoms with Gasteiger partial charge < -0.3 is 15.8 Å². The van der Waals surface area contributed by atoms with Gasteiger partial charge in [0.2, 0.25) is 0 Å². The molecule has 1 heterocycles. The Morgan fingerprint density at radius 3 is 2.86 bits per heavy atom. The fourth-order valence-electron chi connectivity index (χ4n) is 1.78. The van der Waals surface area contributed by atoms with Crippen LogP contribution >= 0.6 is 0 Å². The van der Waals surface area contributed by atoms with E-state index in [4.69, 9.17) is 10.9 Å². The molecule has 0 fully saturated rings. The molecule has 0 radical (unpaired) electrons. The zero-order valence-corrected chi connectivity index (χ0v) is 11.2. The number of amides is 1. The molecule has 0 aliphatic carbocycles. The predicted octanol–water partition coefficient (Wildman–Crippen LogP) is 1.59. The maximum absolute atomic E-state index is 13.6. The molecule has 0 saturated carbocycles. The Kier molecular flexibility index (Phi) is 4.13. The molecule has 1 amide bonds. The summed E-state index contributed by atoms with van der Waals surface area (Å²) in [6.07, 6.45) is 2.32. The van der Waals surface area contributed by atoms with Crippen LogP contribution in [0.5, 0.6) is 0 Å². The van der Waals surface area contributed by atoms with Gasteiger partial charge in [-0.25, -0.2) is 4.39 Å². The minimum Gasteiger partial charge on any atom is -0.409 e. The summed E-state index contributed by atoms with van der Waals surface area (Å²) in [4.78, 5) is 17.1. The SMILES string of the molecule is CN(C(=O)c1ccncc1F)c1cccc(C(N)=NO)c1. The second-order valence-corrected chi connectivity index (χ2v) is 4.26. The first-order valence-electron chi connectivity index (χ1n) is 6.00. The first-order valence-corrected chi connectivity index (χ1v) is 6.00. The minimum absolute atomic E-state index is 0.0761. The van der Waals surface area contributed by atoms with E-state index in [1.165, 1.54) is 24.2 Å². The van der Waals surface area contributed by atoms with Crippen LogP contribution in [-0.4, -0.2) is 29.0 Å². The lowest BCUT2D eigenvalue weighted by Crippen LogP contribution is -2.27. The number of anilines is 1. The van der Waals surface area contributed by atoms with Crippen LogP contribution in [0.1, 0.15) is 15.9 Å². The van der Waals surface area contributed by atoms with Crippen LogP contribution in [0.15, 0.2) is 47.9 Å². The van der Waals surface area contributed by atoms with Gasteiger partial charge in [0.1, 0.15) is 0 Å². The molecule has 2 aromatic rings. The number of benzene rings is 1. The third kappa shape index (κ3) is 2.97. The molecule has 0 aliphatic rings. The summed E-state index contributed by atoms with van der Waals surface area (Å²) in [5, 5.41) is 11.6. The van der Waals surface area contributed by atoms with Gasteiger partial charge in [-0.15, -0.1) is 0 Å². The number of halogens is 1. The fraction of sp³-hybridized carbons (Fsp3) is 0.0714. The van der Waals surface area contributed by atoms with E-state index >= 15 is 0 Å². The molecule has 21 heavy (non-hydrogen) atoms. The highest BCUT2D eigenvalue weighted by Crippen LogP contribution is 2.18. The second kappa shape index (κ2) is 6.00. The summed E-state index contributed by atoms with van der Waals surface area (Å²) in [5.74, 6) is -1.29. The van der Waals surface area contributed by atoms with Crippen LogP contribution in [0, 0.1) is 5.82 Å². The number of amidine groups is 1. The zero-order valence-electron chi connectivity index (χ0n) is 11.2. The number of nitrogens with zero attached hydrogens (tertiary/aromatic N) is 3. The molecule has 1 aromatic heterocycles. The van der Waals surface area contributed by atoms with E-state index in [2.05, 4.69) is 10.1 Å². The molecule has 2 rings (SSSR count). The van der Waals surface area contributed by atoms with Crippen molar-refractivity contribution in [3.05, 3.63) is 59.7 Å². The molecule has 6 nitrogen and oxygen atoms in total. The highest BCUT2D eigenvalue weighted by atomic mass is 19.1. The quantitative estimate of drug-likeness (QED) is 0.388. The van der Waals surface area contributed by atoms with E-state index in [1.54, 1.807) is 24.3 Å². The molecule has 0 unspecified atom stereocenters. The lowest BCUT2D eigenvalue weighted by atomic mass is 10.1. The summed E-state index contributed by atoms with van der Waals surface area (Å²) in [6.45, 7) is 0. The van der Waals surface area contributed by atoms with Crippen molar-refractivity contribution < 1.29 is 14.4 Å². The smallest absolute Gasteiger partial charge is 0.261 e. The monoisotopic (exact) mass is 288 g/mol.